The molecule has 0 amide bonds. The summed E-state index contributed by atoms with van der Waals surface area (Å²) in [6.45, 7) is 6.87. The van der Waals surface area contributed by atoms with Crippen molar-refractivity contribution in [3.63, 3.8) is 0 Å². The van der Waals surface area contributed by atoms with Crippen LogP contribution >= 0.6 is 0 Å². The van der Waals surface area contributed by atoms with Gasteiger partial charge in [0.15, 0.2) is 5.82 Å². The Kier molecular flexibility index (Phi) is 4.65. The van der Waals surface area contributed by atoms with Crippen LogP contribution in [0, 0.1) is 5.82 Å². The average molecular weight is 312 g/mol. The van der Waals surface area contributed by atoms with E-state index in [1.807, 2.05) is 0 Å². The van der Waals surface area contributed by atoms with Crippen molar-refractivity contribution in [2.45, 2.75) is 39.0 Å². The fourth-order valence-corrected chi connectivity index (χ4v) is 2.91. The largest absolute Gasteiger partial charge is 0.390 e. The first-order valence-corrected chi connectivity index (χ1v) is 10.6. The summed E-state index contributed by atoms with van der Waals surface area (Å²) in [6, 6.07) is 2.48. The second kappa shape index (κ2) is 6.13. The Bertz CT molecular complexity index is 688. The monoisotopic (exact) mass is 312 g/mol. The molecule has 0 saturated heterocycles. The summed E-state index contributed by atoms with van der Waals surface area (Å²) in [4.78, 5) is 14.4. The molecule has 0 spiro atoms. The minimum atomic E-state index is -1.20. The van der Waals surface area contributed by atoms with Gasteiger partial charge in [0, 0.05) is 26.3 Å². The molecule has 0 atom stereocenters. The number of pyridine rings is 1. The fraction of sp³-hybridized carbons (Fsp3) is 0.500. The van der Waals surface area contributed by atoms with Crippen molar-refractivity contribution in [3.05, 3.63) is 34.1 Å². The summed E-state index contributed by atoms with van der Waals surface area (Å²) in [5.41, 5.74) is -0.110. The SMILES string of the molecule is C[Si](C)(C)CCOCn1c(CO)c(F)c2cc[nH]c(=O)c21. The van der Waals surface area contributed by atoms with Crippen LogP contribution in [0.25, 0.3) is 10.9 Å². The number of nitrogens with zero attached hydrogens (tertiary/aromatic N) is 1. The van der Waals surface area contributed by atoms with Crippen LogP contribution in [-0.4, -0.2) is 29.3 Å². The van der Waals surface area contributed by atoms with E-state index in [4.69, 9.17) is 4.74 Å². The van der Waals surface area contributed by atoms with E-state index in [1.165, 1.54) is 16.8 Å². The van der Waals surface area contributed by atoms with Crippen LogP contribution in [0.2, 0.25) is 25.7 Å². The van der Waals surface area contributed by atoms with Crippen molar-refractivity contribution in [2.75, 3.05) is 6.61 Å². The lowest BCUT2D eigenvalue weighted by atomic mass is 10.3. The van der Waals surface area contributed by atoms with Crippen LogP contribution in [0.15, 0.2) is 17.1 Å². The maximum Gasteiger partial charge on any atom is 0.272 e. The summed E-state index contributed by atoms with van der Waals surface area (Å²) in [5, 5.41) is 9.56. The number of aliphatic hydroxyl groups is 1. The lowest BCUT2D eigenvalue weighted by molar-refractivity contribution is 0.0845. The number of hydrogen-bond donors (Lipinski definition) is 2. The van der Waals surface area contributed by atoms with E-state index >= 15 is 0 Å². The maximum atomic E-state index is 14.2. The van der Waals surface area contributed by atoms with Crippen molar-refractivity contribution in [3.8, 4) is 0 Å². The fourth-order valence-electron chi connectivity index (χ4n) is 2.16. The summed E-state index contributed by atoms with van der Waals surface area (Å²) in [6.07, 6.45) is 1.39. The standard InChI is InChI=1S/C14H21FN2O3Si/c1-21(2,3)7-6-20-9-17-11(8-18)12(15)10-4-5-16-14(19)13(10)17/h4-5,18H,6-9H2,1-3H3,(H,16,19). The third-order valence-corrected chi connectivity index (χ3v) is 5.09. The molecule has 0 aliphatic heterocycles. The van der Waals surface area contributed by atoms with Crippen molar-refractivity contribution < 1.29 is 14.2 Å². The van der Waals surface area contributed by atoms with E-state index in [0.29, 0.717) is 6.61 Å². The molecule has 2 rings (SSSR count). The highest BCUT2D eigenvalue weighted by Gasteiger charge is 2.19. The predicted octanol–water partition coefficient (Wildman–Crippen LogP) is 2.27. The van der Waals surface area contributed by atoms with Gasteiger partial charge >= 0.3 is 0 Å². The number of aliphatic hydroxyl groups excluding tert-OH is 1. The molecular weight excluding hydrogens is 291 g/mol. The van der Waals surface area contributed by atoms with Crippen LogP contribution in [0.1, 0.15) is 5.69 Å². The first-order valence-electron chi connectivity index (χ1n) is 6.92. The van der Waals surface area contributed by atoms with E-state index < -0.39 is 20.5 Å². The molecule has 0 bridgehead atoms. The first-order chi connectivity index (χ1) is 9.85. The molecule has 2 aromatic rings. The number of nitrogens with one attached hydrogen (secondary N) is 1. The predicted molar refractivity (Wildman–Crippen MR) is 82.5 cm³/mol. The lowest BCUT2D eigenvalue weighted by Crippen LogP contribution is -2.22. The number of hydrogen-bond acceptors (Lipinski definition) is 3. The highest BCUT2D eigenvalue weighted by Crippen LogP contribution is 2.22. The number of aromatic amines is 1. The van der Waals surface area contributed by atoms with Crippen molar-refractivity contribution in [2.24, 2.45) is 0 Å². The average Bonchev–Trinajstić information content (AvgIpc) is 2.68. The van der Waals surface area contributed by atoms with Gasteiger partial charge in [0.1, 0.15) is 12.2 Å². The van der Waals surface area contributed by atoms with Crippen molar-refractivity contribution >= 4 is 19.0 Å². The Morgan fingerprint density at radius 3 is 2.76 bits per heavy atom. The van der Waals surface area contributed by atoms with E-state index in [2.05, 4.69) is 24.6 Å². The highest BCUT2D eigenvalue weighted by molar-refractivity contribution is 6.76. The van der Waals surface area contributed by atoms with Crippen LogP contribution in [0.4, 0.5) is 4.39 Å². The number of H-pyrrole nitrogens is 1. The van der Waals surface area contributed by atoms with Gasteiger partial charge in [-0.2, -0.15) is 0 Å². The molecule has 0 unspecified atom stereocenters. The van der Waals surface area contributed by atoms with E-state index in [9.17, 15) is 14.3 Å². The van der Waals surface area contributed by atoms with Crippen LogP contribution < -0.4 is 5.56 Å². The Morgan fingerprint density at radius 1 is 1.43 bits per heavy atom. The van der Waals surface area contributed by atoms with E-state index in [1.54, 1.807) is 0 Å². The Labute approximate surface area is 123 Å². The normalized spacial score (nSPS) is 12.2. The van der Waals surface area contributed by atoms with Crippen LogP contribution in [0.3, 0.4) is 0 Å². The topological polar surface area (TPSA) is 67.2 Å². The number of ether oxygens (including phenoxy) is 1. The highest BCUT2D eigenvalue weighted by atomic mass is 28.3. The van der Waals surface area contributed by atoms with Crippen molar-refractivity contribution in [1.82, 2.24) is 9.55 Å². The molecule has 2 heterocycles. The minimum absolute atomic E-state index is 0.0634. The van der Waals surface area contributed by atoms with E-state index in [0.717, 1.165) is 6.04 Å². The van der Waals surface area contributed by atoms with Gasteiger partial charge in [-0.25, -0.2) is 4.39 Å². The Morgan fingerprint density at radius 2 is 2.14 bits per heavy atom. The minimum Gasteiger partial charge on any atom is -0.390 e. The maximum absolute atomic E-state index is 14.2. The zero-order valence-electron chi connectivity index (χ0n) is 12.6. The van der Waals surface area contributed by atoms with Gasteiger partial charge in [0.2, 0.25) is 0 Å². The molecular formula is C14H21FN2O3Si. The molecule has 2 N–H and O–H groups in total. The zero-order valence-corrected chi connectivity index (χ0v) is 13.6. The molecule has 21 heavy (non-hydrogen) atoms. The third kappa shape index (κ3) is 3.42. The van der Waals surface area contributed by atoms with Gasteiger partial charge in [-0.1, -0.05) is 19.6 Å². The summed E-state index contributed by atoms with van der Waals surface area (Å²) < 4.78 is 21.2. The molecule has 0 fully saturated rings. The van der Waals surface area contributed by atoms with E-state index in [-0.39, 0.29) is 28.9 Å². The smallest absolute Gasteiger partial charge is 0.272 e. The van der Waals surface area contributed by atoms with Gasteiger partial charge in [0.05, 0.1) is 12.3 Å². The zero-order chi connectivity index (χ0) is 15.6. The van der Waals surface area contributed by atoms with Gasteiger partial charge in [-0.05, 0) is 12.1 Å². The van der Waals surface area contributed by atoms with Crippen LogP contribution in [0.5, 0.6) is 0 Å². The molecule has 2 aromatic heterocycles. The molecule has 0 aliphatic rings. The number of halogens is 1. The van der Waals surface area contributed by atoms with Crippen molar-refractivity contribution in [1.29, 1.82) is 0 Å². The van der Waals surface area contributed by atoms with Gasteiger partial charge < -0.3 is 19.4 Å². The molecule has 0 saturated carbocycles. The Balaban J connectivity index is 2.28. The molecule has 0 aromatic carbocycles. The quantitative estimate of drug-likeness (QED) is 0.635. The molecule has 116 valence electrons. The number of rotatable bonds is 6. The molecule has 0 aliphatic carbocycles. The lowest BCUT2D eigenvalue weighted by Gasteiger charge is -2.16. The second-order valence-electron chi connectivity index (χ2n) is 6.26. The van der Waals surface area contributed by atoms with Gasteiger partial charge in [-0.3, -0.25) is 4.79 Å². The number of fused-ring (bicyclic) bond motifs is 1. The Hall–Kier alpha value is -1.44. The summed E-state index contributed by atoms with van der Waals surface area (Å²) >= 11 is 0. The van der Waals surface area contributed by atoms with Gasteiger partial charge in [-0.15, -0.1) is 0 Å². The van der Waals surface area contributed by atoms with Crippen LogP contribution in [-0.2, 0) is 18.1 Å². The molecule has 7 heteroatoms. The molecule has 5 nitrogen and oxygen atoms in total. The second-order valence-corrected chi connectivity index (χ2v) is 11.9. The number of aromatic nitrogens is 2. The molecule has 0 radical (unpaired) electrons. The first kappa shape index (κ1) is 15.9. The third-order valence-electron chi connectivity index (χ3n) is 3.39. The van der Waals surface area contributed by atoms with Gasteiger partial charge in [0.25, 0.3) is 5.56 Å². The summed E-state index contributed by atoms with van der Waals surface area (Å²) in [7, 11) is -1.20. The summed E-state index contributed by atoms with van der Waals surface area (Å²) in [5.74, 6) is -0.563.